The van der Waals surface area contributed by atoms with Gasteiger partial charge in [0.25, 0.3) is 0 Å². The van der Waals surface area contributed by atoms with Crippen molar-refractivity contribution < 1.29 is 15.0 Å². The van der Waals surface area contributed by atoms with E-state index in [0.717, 1.165) is 122 Å². The van der Waals surface area contributed by atoms with Gasteiger partial charge in [-0.1, -0.05) is 185 Å². The van der Waals surface area contributed by atoms with Crippen LogP contribution in [0.3, 0.4) is 0 Å². The van der Waals surface area contributed by atoms with E-state index in [1.165, 1.54) is 0 Å². The lowest BCUT2D eigenvalue weighted by molar-refractivity contribution is -0.123. The lowest BCUT2D eigenvalue weighted by Crippen LogP contribution is -2.45. The highest BCUT2D eigenvalue weighted by atomic mass is 16.3. The molecule has 0 spiro atoms. The van der Waals surface area contributed by atoms with Gasteiger partial charge in [0.1, 0.15) is 0 Å². The van der Waals surface area contributed by atoms with Gasteiger partial charge in [-0.15, -0.1) is 0 Å². The van der Waals surface area contributed by atoms with Crippen LogP contribution in [0.1, 0.15) is 142 Å². The molecule has 0 aromatic heterocycles. The van der Waals surface area contributed by atoms with E-state index in [1.807, 2.05) is 6.08 Å². The number of hydrogen-bond acceptors (Lipinski definition) is 3. The summed E-state index contributed by atoms with van der Waals surface area (Å²) in [5.74, 6) is -0.120. The number of carbonyl (C=O) groups excluding carboxylic acids is 1. The highest BCUT2D eigenvalue weighted by Gasteiger charge is 2.17. The fraction of sp³-hybridized carbons (Fsp3) is 0.481. The normalized spacial score (nSPS) is 14.6. The molecule has 0 rings (SSSR count). The number of rotatable bonds is 36. The molecule has 0 saturated carbocycles. The van der Waals surface area contributed by atoms with E-state index in [1.54, 1.807) is 6.08 Å². The van der Waals surface area contributed by atoms with Crippen molar-refractivity contribution in [3.63, 3.8) is 0 Å². The standard InChI is InChI=1S/C52H79NO3/c1-3-5-7-9-11-12-13-14-15-16-17-18-19-20-21-22-23-24-25-26-27-28-29-30-31-32-33-34-35-36-37-38-39-40-42-44-46-48-52(56)53-50(49-54)51(55)47-45-43-41-10-8-6-4-2/h5,7-8,10-12,14-15,17-18,20-21,23-24,26-27,29-30,32-33,35-36,38-39,45,47,50-51,54-55H,3-4,6,9,13,16,19,22,25,28,31,34,37,40-44,46,48-49H2,1-2H3,(H,53,56)/b7-5-,10-8+,12-11-,15-14-,18-17-,21-20-,24-23-,27-26-,30-29-,33-32-,36-35-,39-38-,47-45+. The smallest absolute Gasteiger partial charge is 0.220 e. The third-order valence-electron chi connectivity index (χ3n) is 8.48. The van der Waals surface area contributed by atoms with Crippen molar-refractivity contribution in [3.8, 4) is 0 Å². The Morgan fingerprint density at radius 2 is 0.804 bits per heavy atom. The summed E-state index contributed by atoms with van der Waals surface area (Å²) >= 11 is 0. The Bertz CT molecular complexity index is 1280. The summed E-state index contributed by atoms with van der Waals surface area (Å²) in [6.45, 7) is 4.03. The molecule has 0 fully saturated rings. The molecule has 0 heterocycles. The van der Waals surface area contributed by atoms with Gasteiger partial charge >= 0.3 is 0 Å². The first-order valence-electron chi connectivity index (χ1n) is 21.7. The molecule has 0 saturated heterocycles. The Morgan fingerprint density at radius 3 is 1.20 bits per heavy atom. The molecule has 0 aromatic rings. The molecule has 0 aliphatic heterocycles. The van der Waals surface area contributed by atoms with Crippen LogP contribution in [-0.2, 0) is 4.79 Å². The molecule has 4 heteroatoms. The molecule has 3 N–H and O–H groups in total. The predicted molar refractivity (Wildman–Crippen MR) is 248 cm³/mol. The van der Waals surface area contributed by atoms with Crippen LogP contribution in [0.2, 0.25) is 0 Å². The summed E-state index contributed by atoms with van der Waals surface area (Å²) in [5.41, 5.74) is 0. The lowest BCUT2D eigenvalue weighted by Gasteiger charge is -2.19. The van der Waals surface area contributed by atoms with Crippen molar-refractivity contribution in [1.29, 1.82) is 0 Å². The van der Waals surface area contributed by atoms with Crippen LogP contribution >= 0.6 is 0 Å². The van der Waals surface area contributed by atoms with Crippen molar-refractivity contribution in [3.05, 3.63) is 158 Å². The summed E-state index contributed by atoms with van der Waals surface area (Å²) < 4.78 is 0. The Hall–Kier alpha value is -3.99. The van der Waals surface area contributed by atoms with Crippen molar-refractivity contribution in [2.75, 3.05) is 6.61 Å². The van der Waals surface area contributed by atoms with Crippen LogP contribution in [0.5, 0.6) is 0 Å². The number of nitrogens with one attached hydrogen (secondary N) is 1. The molecule has 2 atom stereocenters. The first kappa shape index (κ1) is 52.0. The first-order chi connectivity index (χ1) is 27.7. The molecule has 4 nitrogen and oxygen atoms in total. The van der Waals surface area contributed by atoms with E-state index < -0.39 is 12.1 Å². The van der Waals surface area contributed by atoms with Gasteiger partial charge in [0.05, 0.1) is 18.8 Å². The number of aliphatic hydroxyl groups is 2. The Kier molecular flexibility index (Phi) is 42.2. The van der Waals surface area contributed by atoms with Crippen molar-refractivity contribution in [2.45, 2.75) is 154 Å². The van der Waals surface area contributed by atoms with Crippen LogP contribution in [0, 0.1) is 0 Å². The fourth-order valence-electron chi connectivity index (χ4n) is 5.20. The SMILES string of the molecule is CC/C=C\C/C=C\C/C=C\C/C=C\C/C=C\C/C=C\C/C=C\C/C=C\C/C=C\C/C=C\C/C=C\CCCCCC(=O)NC(CO)C(O)/C=C/CC/C=C/CCC. The van der Waals surface area contributed by atoms with Gasteiger partial charge in [-0.25, -0.2) is 0 Å². The fourth-order valence-corrected chi connectivity index (χ4v) is 5.20. The quantitative estimate of drug-likeness (QED) is 0.0439. The number of allylic oxidation sites excluding steroid dienone is 25. The highest BCUT2D eigenvalue weighted by molar-refractivity contribution is 5.76. The average molecular weight is 766 g/mol. The minimum absolute atomic E-state index is 0.120. The van der Waals surface area contributed by atoms with Gasteiger partial charge < -0.3 is 15.5 Å². The Balaban J connectivity index is 3.75. The third kappa shape index (κ3) is 41.2. The monoisotopic (exact) mass is 766 g/mol. The topological polar surface area (TPSA) is 69.6 Å². The van der Waals surface area contributed by atoms with Crippen molar-refractivity contribution in [1.82, 2.24) is 5.32 Å². The van der Waals surface area contributed by atoms with E-state index in [-0.39, 0.29) is 12.5 Å². The number of unbranched alkanes of at least 4 members (excludes halogenated alkanes) is 5. The van der Waals surface area contributed by atoms with Crippen LogP contribution < -0.4 is 5.32 Å². The van der Waals surface area contributed by atoms with E-state index in [9.17, 15) is 15.0 Å². The highest BCUT2D eigenvalue weighted by Crippen LogP contribution is 2.07. The summed E-state index contributed by atoms with van der Waals surface area (Å²) in [7, 11) is 0. The number of carbonyl (C=O) groups is 1. The second kappa shape index (κ2) is 45.4. The molecule has 0 aliphatic rings. The molecule has 56 heavy (non-hydrogen) atoms. The van der Waals surface area contributed by atoms with Crippen LogP contribution in [0.25, 0.3) is 0 Å². The molecule has 0 aliphatic carbocycles. The summed E-state index contributed by atoms with van der Waals surface area (Å²) in [5, 5.41) is 22.7. The number of hydrogen-bond donors (Lipinski definition) is 3. The van der Waals surface area contributed by atoms with Crippen molar-refractivity contribution >= 4 is 5.91 Å². The largest absolute Gasteiger partial charge is 0.394 e. The summed E-state index contributed by atoms with van der Waals surface area (Å²) in [6, 6.07) is -0.665. The van der Waals surface area contributed by atoms with E-state index >= 15 is 0 Å². The number of amides is 1. The van der Waals surface area contributed by atoms with Crippen LogP contribution in [0.4, 0.5) is 0 Å². The van der Waals surface area contributed by atoms with Gasteiger partial charge in [0, 0.05) is 6.42 Å². The zero-order chi connectivity index (χ0) is 40.7. The molecular weight excluding hydrogens is 687 g/mol. The summed E-state index contributed by atoms with van der Waals surface area (Å²) in [6.07, 6.45) is 75.1. The molecule has 2 unspecified atom stereocenters. The molecule has 1 amide bonds. The predicted octanol–water partition coefficient (Wildman–Crippen LogP) is 13.9. The average Bonchev–Trinajstić information content (AvgIpc) is 3.20. The number of aliphatic hydroxyl groups excluding tert-OH is 2. The van der Waals surface area contributed by atoms with Gasteiger partial charge in [-0.3, -0.25) is 4.79 Å². The zero-order valence-corrected chi connectivity index (χ0v) is 35.3. The van der Waals surface area contributed by atoms with Gasteiger partial charge in [0.15, 0.2) is 0 Å². The zero-order valence-electron chi connectivity index (χ0n) is 35.3. The minimum atomic E-state index is -0.884. The second-order valence-corrected chi connectivity index (χ2v) is 13.7. The van der Waals surface area contributed by atoms with E-state index in [0.29, 0.717) is 6.42 Å². The third-order valence-corrected chi connectivity index (χ3v) is 8.48. The maximum Gasteiger partial charge on any atom is 0.220 e. The van der Waals surface area contributed by atoms with Gasteiger partial charge in [0.2, 0.25) is 5.91 Å². The second-order valence-electron chi connectivity index (χ2n) is 13.7. The van der Waals surface area contributed by atoms with Crippen molar-refractivity contribution in [2.24, 2.45) is 0 Å². The Labute approximate surface area is 344 Å². The van der Waals surface area contributed by atoms with E-state index in [2.05, 4.69) is 165 Å². The molecule has 0 aromatic carbocycles. The van der Waals surface area contributed by atoms with Gasteiger partial charge in [-0.2, -0.15) is 0 Å². The minimum Gasteiger partial charge on any atom is -0.394 e. The maximum absolute atomic E-state index is 12.3. The molecule has 310 valence electrons. The van der Waals surface area contributed by atoms with E-state index in [4.69, 9.17) is 0 Å². The van der Waals surface area contributed by atoms with Crippen LogP contribution in [-0.4, -0.2) is 34.9 Å². The molecular formula is C52H79NO3. The maximum atomic E-state index is 12.3. The molecule has 0 radical (unpaired) electrons. The van der Waals surface area contributed by atoms with Gasteiger partial charge in [-0.05, 0) is 109 Å². The summed E-state index contributed by atoms with van der Waals surface area (Å²) in [4.78, 5) is 12.3. The lowest BCUT2D eigenvalue weighted by atomic mass is 10.1. The molecule has 0 bridgehead atoms. The van der Waals surface area contributed by atoms with Crippen LogP contribution in [0.15, 0.2) is 158 Å². The Morgan fingerprint density at radius 1 is 0.446 bits per heavy atom. The first-order valence-corrected chi connectivity index (χ1v) is 21.7.